The van der Waals surface area contributed by atoms with E-state index in [1.165, 1.54) is 38.2 Å². The molecule has 3 aromatic carbocycles. The third-order valence-corrected chi connectivity index (χ3v) is 6.32. The van der Waals surface area contributed by atoms with E-state index < -0.39 is 29.0 Å². The minimum atomic E-state index is -3.82. The number of benzene rings is 3. The van der Waals surface area contributed by atoms with E-state index in [0.29, 0.717) is 12.4 Å². The Morgan fingerprint density at radius 3 is 2.31 bits per heavy atom. The highest BCUT2D eigenvalue weighted by Crippen LogP contribution is 2.29. The number of amides is 1. The molecule has 1 atom stereocenters. The summed E-state index contributed by atoms with van der Waals surface area (Å²) in [6, 6.07) is 21.1. The van der Waals surface area contributed by atoms with E-state index in [-0.39, 0.29) is 22.9 Å². The van der Waals surface area contributed by atoms with Gasteiger partial charge in [-0.25, -0.2) is 8.42 Å². The Kier molecular flexibility index (Phi) is 9.27. The van der Waals surface area contributed by atoms with Gasteiger partial charge < -0.3 is 25.0 Å². The smallest absolute Gasteiger partial charge is 0.374 e. The molecular formula is C24H28BN3O6S. The van der Waals surface area contributed by atoms with E-state index in [1.807, 2.05) is 30.3 Å². The number of ether oxygens (including phenoxy) is 2. The molecule has 184 valence electrons. The van der Waals surface area contributed by atoms with Gasteiger partial charge in [-0.3, -0.25) is 9.52 Å². The summed E-state index contributed by atoms with van der Waals surface area (Å²) < 4.78 is 38.8. The monoisotopic (exact) mass is 497 g/mol. The second-order valence-corrected chi connectivity index (χ2v) is 9.40. The normalized spacial score (nSPS) is 12.0. The minimum Gasteiger partial charge on any atom is -0.495 e. The van der Waals surface area contributed by atoms with Crippen LogP contribution in [0.25, 0.3) is 0 Å². The molecule has 11 heteroatoms. The zero-order chi connectivity index (χ0) is 25.3. The van der Waals surface area contributed by atoms with E-state index in [4.69, 9.17) is 9.47 Å². The molecule has 4 N–H and O–H groups in total. The van der Waals surface area contributed by atoms with Crippen LogP contribution in [0.15, 0.2) is 83.8 Å². The van der Waals surface area contributed by atoms with Crippen LogP contribution in [0.1, 0.15) is 5.56 Å². The molecule has 0 aliphatic carbocycles. The lowest BCUT2D eigenvalue weighted by Gasteiger charge is -2.20. The van der Waals surface area contributed by atoms with Gasteiger partial charge in [0.05, 0.1) is 36.6 Å². The zero-order valence-corrected chi connectivity index (χ0v) is 20.3. The largest absolute Gasteiger partial charge is 0.495 e. The number of carbonyl (C=O) groups excluding carboxylic acids is 1. The van der Waals surface area contributed by atoms with E-state index in [9.17, 15) is 18.2 Å². The predicted octanol–water partition coefficient (Wildman–Crippen LogP) is 2.72. The Bertz CT molecular complexity index is 1210. The van der Waals surface area contributed by atoms with Crippen LogP contribution in [0.4, 0.5) is 11.4 Å². The van der Waals surface area contributed by atoms with Crippen molar-refractivity contribution in [2.45, 2.75) is 24.4 Å². The summed E-state index contributed by atoms with van der Waals surface area (Å²) in [7, 11) is -3.34. The van der Waals surface area contributed by atoms with Crippen molar-refractivity contribution in [2.75, 3.05) is 23.8 Å². The van der Waals surface area contributed by atoms with Crippen LogP contribution < -0.4 is 20.0 Å². The summed E-state index contributed by atoms with van der Waals surface area (Å²) in [4.78, 5) is 13.1. The van der Waals surface area contributed by atoms with Crippen LogP contribution in [0.3, 0.4) is 0 Å². The topological polar surface area (TPSA) is 126 Å². The van der Waals surface area contributed by atoms with Crippen LogP contribution >= 0.6 is 0 Å². The number of hydrogen-bond donors (Lipinski definition) is 4. The molecule has 0 unspecified atom stereocenters. The molecule has 0 aliphatic heterocycles. The fourth-order valence-corrected chi connectivity index (χ4v) is 4.33. The van der Waals surface area contributed by atoms with Crippen LogP contribution in [-0.2, 0) is 26.2 Å². The fraction of sp³-hybridized carbons (Fsp3) is 0.208. The van der Waals surface area contributed by atoms with Crippen molar-refractivity contribution >= 4 is 34.4 Å². The van der Waals surface area contributed by atoms with Crippen LogP contribution in [0.5, 0.6) is 5.75 Å². The fourth-order valence-electron chi connectivity index (χ4n) is 3.26. The maximum absolute atomic E-state index is 13.0. The number of methoxy groups -OCH3 is 1. The number of carbonyl (C=O) groups is 1. The van der Waals surface area contributed by atoms with Gasteiger partial charge >= 0.3 is 7.05 Å². The SMILES string of the molecule is COc1ccc(NS(=O)(=O)c2ccccc2)cc1NC(=O)[C@@H](COCc1ccccc1)NB(C)O. The molecule has 0 aromatic heterocycles. The van der Waals surface area contributed by atoms with Gasteiger partial charge in [-0.1, -0.05) is 48.5 Å². The van der Waals surface area contributed by atoms with Crippen LogP contribution in [0, 0.1) is 0 Å². The number of sulfonamides is 1. The van der Waals surface area contributed by atoms with Gasteiger partial charge in [0.2, 0.25) is 5.91 Å². The molecule has 0 fully saturated rings. The lowest BCUT2D eigenvalue weighted by molar-refractivity contribution is -0.119. The zero-order valence-electron chi connectivity index (χ0n) is 19.5. The average molecular weight is 497 g/mol. The van der Waals surface area contributed by atoms with Gasteiger partial charge in [0, 0.05) is 0 Å². The first-order chi connectivity index (χ1) is 16.8. The molecular weight excluding hydrogens is 469 g/mol. The maximum Gasteiger partial charge on any atom is 0.374 e. The third kappa shape index (κ3) is 7.83. The van der Waals surface area contributed by atoms with Gasteiger partial charge in [-0.05, 0) is 42.7 Å². The Morgan fingerprint density at radius 2 is 1.69 bits per heavy atom. The second-order valence-electron chi connectivity index (χ2n) is 7.72. The highest BCUT2D eigenvalue weighted by molar-refractivity contribution is 7.92. The van der Waals surface area contributed by atoms with Gasteiger partial charge in [0.25, 0.3) is 10.0 Å². The lowest BCUT2D eigenvalue weighted by atomic mass is 9.87. The third-order valence-electron chi connectivity index (χ3n) is 4.92. The Morgan fingerprint density at radius 1 is 1.03 bits per heavy atom. The van der Waals surface area contributed by atoms with E-state index >= 15 is 0 Å². The number of hydrogen-bond acceptors (Lipinski definition) is 7. The van der Waals surface area contributed by atoms with Gasteiger partial charge in [-0.2, -0.15) is 0 Å². The average Bonchev–Trinajstić information content (AvgIpc) is 2.84. The van der Waals surface area contributed by atoms with Crippen molar-refractivity contribution in [1.82, 2.24) is 5.23 Å². The molecule has 3 aromatic rings. The van der Waals surface area contributed by atoms with Crippen molar-refractivity contribution in [3.63, 3.8) is 0 Å². The van der Waals surface area contributed by atoms with E-state index in [0.717, 1.165) is 5.56 Å². The van der Waals surface area contributed by atoms with Crippen LogP contribution in [-0.4, -0.2) is 46.2 Å². The Labute approximate surface area is 205 Å². The number of nitrogens with one attached hydrogen (secondary N) is 3. The minimum absolute atomic E-state index is 0.00568. The van der Waals surface area contributed by atoms with Gasteiger partial charge in [-0.15, -0.1) is 0 Å². The van der Waals surface area contributed by atoms with Gasteiger partial charge in [0.15, 0.2) is 0 Å². The Hall–Kier alpha value is -3.38. The molecule has 9 nitrogen and oxygen atoms in total. The van der Waals surface area contributed by atoms with Crippen molar-refractivity contribution in [2.24, 2.45) is 0 Å². The first-order valence-corrected chi connectivity index (χ1v) is 12.4. The Balaban J connectivity index is 1.73. The summed E-state index contributed by atoms with van der Waals surface area (Å²) in [5.41, 5.74) is 1.44. The van der Waals surface area contributed by atoms with Crippen molar-refractivity contribution < 1.29 is 27.7 Å². The molecule has 0 saturated carbocycles. The first kappa shape index (κ1) is 26.2. The van der Waals surface area contributed by atoms with Gasteiger partial charge in [0.1, 0.15) is 11.8 Å². The molecule has 35 heavy (non-hydrogen) atoms. The molecule has 1 amide bonds. The number of anilines is 2. The maximum atomic E-state index is 13.0. The first-order valence-electron chi connectivity index (χ1n) is 10.9. The summed E-state index contributed by atoms with van der Waals surface area (Å²) in [6.07, 6.45) is 0. The molecule has 0 saturated heterocycles. The summed E-state index contributed by atoms with van der Waals surface area (Å²) in [5, 5.41) is 15.3. The van der Waals surface area contributed by atoms with E-state index in [1.54, 1.807) is 24.3 Å². The highest BCUT2D eigenvalue weighted by Gasteiger charge is 2.23. The second kappa shape index (κ2) is 12.4. The lowest BCUT2D eigenvalue weighted by Crippen LogP contribution is -2.49. The highest BCUT2D eigenvalue weighted by atomic mass is 32.2. The molecule has 0 radical (unpaired) electrons. The quantitative estimate of drug-likeness (QED) is 0.284. The van der Waals surface area contributed by atoms with Crippen molar-refractivity contribution in [3.8, 4) is 5.75 Å². The molecule has 0 bridgehead atoms. The standard InChI is InChI=1S/C24H28BN3O6S/c1-25(30)27-22(17-34-16-18-9-5-3-6-10-18)24(29)26-21-15-19(13-14-23(21)33-2)28-35(31,32)20-11-7-4-8-12-20/h3-15,22,27-28,30H,16-17H2,1-2H3,(H,26,29)/t22-/m1/s1. The molecule has 0 spiro atoms. The van der Waals surface area contributed by atoms with Crippen molar-refractivity contribution in [3.05, 3.63) is 84.4 Å². The summed E-state index contributed by atoms with van der Waals surface area (Å²) in [5.74, 6) is -0.151. The van der Waals surface area contributed by atoms with Crippen LogP contribution in [0.2, 0.25) is 6.82 Å². The predicted molar refractivity (Wildman–Crippen MR) is 136 cm³/mol. The molecule has 3 rings (SSSR count). The van der Waals surface area contributed by atoms with E-state index in [2.05, 4.69) is 15.3 Å². The summed E-state index contributed by atoms with van der Waals surface area (Å²) in [6.45, 7) is 1.79. The molecule has 0 heterocycles. The number of rotatable bonds is 12. The summed E-state index contributed by atoms with van der Waals surface area (Å²) >= 11 is 0. The van der Waals surface area contributed by atoms with Crippen molar-refractivity contribution in [1.29, 1.82) is 0 Å². The molecule has 0 aliphatic rings.